The summed E-state index contributed by atoms with van der Waals surface area (Å²) >= 11 is 1.34. The average molecular weight is 309 g/mol. The molecule has 0 bridgehead atoms. The molecule has 2 N–H and O–H groups in total. The largest absolute Gasteiger partial charge is 0.396 e. The zero-order chi connectivity index (χ0) is 15.3. The maximum Gasteiger partial charge on any atom is 0.263 e. The van der Waals surface area contributed by atoms with Crippen molar-refractivity contribution >= 4 is 17.2 Å². The van der Waals surface area contributed by atoms with E-state index in [2.05, 4.69) is 20.8 Å². The highest BCUT2D eigenvalue weighted by Crippen LogP contribution is 2.25. The van der Waals surface area contributed by atoms with Crippen LogP contribution >= 0.6 is 11.3 Å². The fourth-order valence-electron chi connectivity index (χ4n) is 2.05. The average Bonchev–Trinajstić information content (AvgIpc) is 3.19. The molecule has 2 rings (SSSR count). The Morgan fingerprint density at radius 3 is 2.81 bits per heavy atom. The number of aromatic nitrogens is 4. The van der Waals surface area contributed by atoms with E-state index in [1.807, 2.05) is 19.2 Å². The van der Waals surface area contributed by atoms with Crippen LogP contribution in [0.1, 0.15) is 36.4 Å². The predicted octanol–water partition coefficient (Wildman–Crippen LogP) is 1.25. The first-order valence-corrected chi connectivity index (χ1v) is 7.73. The maximum absolute atomic E-state index is 12.4. The highest BCUT2D eigenvalue weighted by molar-refractivity contribution is 7.12. The molecule has 7 nitrogen and oxygen atoms in total. The van der Waals surface area contributed by atoms with Crippen LogP contribution in [-0.2, 0) is 0 Å². The number of tetrazole rings is 1. The van der Waals surface area contributed by atoms with Crippen molar-refractivity contribution < 1.29 is 9.90 Å². The van der Waals surface area contributed by atoms with Crippen molar-refractivity contribution in [2.24, 2.45) is 5.41 Å². The van der Waals surface area contributed by atoms with Gasteiger partial charge in [0.25, 0.3) is 5.91 Å². The van der Waals surface area contributed by atoms with E-state index in [1.165, 1.54) is 22.3 Å². The molecule has 2 aromatic heterocycles. The molecule has 0 radical (unpaired) electrons. The summed E-state index contributed by atoms with van der Waals surface area (Å²) in [5.41, 5.74) is 0.395. The van der Waals surface area contributed by atoms with Crippen LogP contribution in [-0.4, -0.2) is 44.4 Å². The summed E-state index contributed by atoms with van der Waals surface area (Å²) in [6.07, 6.45) is 3.07. The molecule has 0 fully saturated rings. The molecule has 114 valence electrons. The van der Waals surface area contributed by atoms with Crippen molar-refractivity contribution in [1.29, 1.82) is 0 Å². The number of carbonyl (C=O) groups is 1. The Balaban J connectivity index is 2.10. The van der Waals surface area contributed by atoms with E-state index in [1.54, 1.807) is 6.07 Å². The van der Waals surface area contributed by atoms with Gasteiger partial charge in [-0.2, -0.15) is 4.68 Å². The second-order valence-corrected chi connectivity index (χ2v) is 5.85. The monoisotopic (exact) mass is 309 g/mol. The van der Waals surface area contributed by atoms with E-state index >= 15 is 0 Å². The number of aliphatic hydroxyl groups excluding tert-OH is 1. The van der Waals surface area contributed by atoms with Crippen LogP contribution in [0, 0.1) is 5.41 Å². The van der Waals surface area contributed by atoms with Gasteiger partial charge in [0.1, 0.15) is 11.2 Å². The molecule has 21 heavy (non-hydrogen) atoms. The van der Waals surface area contributed by atoms with Gasteiger partial charge in [0, 0.05) is 12.0 Å². The van der Waals surface area contributed by atoms with E-state index in [4.69, 9.17) is 0 Å². The van der Waals surface area contributed by atoms with Gasteiger partial charge in [0.05, 0.1) is 12.3 Å². The van der Waals surface area contributed by atoms with Crippen LogP contribution in [0.4, 0.5) is 0 Å². The third-order valence-corrected chi connectivity index (χ3v) is 4.81. The highest BCUT2D eigenvalue weighted by atomic mass is 32.1. The Morgan fingerprint density at radius 2 is 2.24 bits per heavy atom. The van der Waals surface area contributed by atoms with Gasteiger partial charge in [-0.15, -0.1) is 16.4 Å². The quantitative estimate of drug-likeness (QED) is 0.803. The smallest absolute Gasteiger partial charge is 0.263 e. The SMILES string of the molecule is CCC(CC)(CO)CNC(=O)c1sccc1-n1cnnn1. The number of hydrogen-bond acceptors (Lipinski definition) is 6. The van der Waals surface area contributed by atoms with Crippen molar-refractivity contribution in [3.8, 4) is 5.69 Å². The van der Waals surface area contributed by atoms with Crippen molar-refractivity contribution in [1.82, 2.24) is 25.5 Å². The van der Waals surface area contributed by atoms with E-state index in [0.717, 1.165) is 12.8 Å². The lowest BCUT2D eigenvalue weighted by Gasteiger charge is -2.29. The molecule has 0 atom stereocenters. The van der Waals surface area contributed by atoms with Gasteiger partial charge in [-0.3, -0.25) is 4.79 Å². The number of nitrogens with zero attached hydrogens (tertiary/aromatic N) is 4. The van der Waals surface area contributed by atoms with Gasteiger partial charge < -0.3 is 10.4 Å². The first-order chi connectivity index (χ1) is 10.2. The summed E-state index contributed by atoms with van der Waals surface area (Å²) < 4.78 is 1.46. The summed E-state index contributed by atoms with van der Waals surface area (Å²) in [6.45, 7) is 4.54. The normalized spacial score (nSPS) is 11.6. The van der Waals surface area contributed by atoms with Gasteiger partial charge in [-0.05, 0) is 34.7 Å². The van der Waals surface area contributed by atoms with Crippen LogP contribution in [0.3, 0.4) is 0 Å². The molecule has 1 amide bonds. The first kappa shape index (κ1) is 15.6. The number of carbonyl (C=O) groups excluding carboxylic acids is 1. The third kappa shape index (κ3) is 3.27. The van der Waals surface area contributed by atoms with E-state index in [0.29, 0.717) is 17.1 Å². The fraction of sp³-hybridized carbons (Fsp3) is 0.538. The number of thiophene rings is 1. The number of hydrogen-bond donors (Lipinski definition) is 2. The molecule has 2 aromatic rings. The van der Waals surface area contributed by atoms with Crippen molar-refractivity contribution in [2.45, 2.75) is 26.7 Å². The molecule has 0 saturated heterocycles. The molecule has 2 heterocycles. The molecule has 0 aliphatic rings. The molecule has 8 heteroatoms. The summed E-state index contributed by atoms with van der Waals surface area (Å²) in [5, 5.41) is 25.2. The van der Waals surface area contributed by atoms with Crippen LogP contribution in [0.25, 0.3) is 5.69 Å². The molecule has 0 aliphatic carbocycles. The van der Waals surface area contributed by atoms with E-state index in [-0.39, 0.29) is 17.9 Å². The van der Waals surface area contributed by atoms with Crippen molar-refractivity contribution in [3.05, 3.63) is 22.7 Å². The van der Waals surface area contributed by atoms with Crippen LogP contribution in [0.15, 0.2) is 17.8 Å². The highest BCUT2D eigenvalue weighted by Gasteiger charge is 2.26. The topological polar surface area (TPSA) is 92.9 Å². The molecular formula is C13H19N5O2S. The number of rotatable bonds is 7. The number of aliphatic hydroxyl groups is 1. The van der Waals surface area contributed by atoms with Gasteiger partial charge in [0.2, 0.25) is 0 Å². The molecule has 0 saturated carbocycles. The lowest BCUT2D eigenvalue weighted by molar-refractivity contribution is 0.0854. The Morgan fingerprint density at radius 1 is 1.48 bits per heavy atom. The standard InChI is InChI=1S/C13H19N5O2S/c1-3-13(4-2,8-19)7-14-12(20)11-10(5-6-21-11)18-9-15-16-17-18/h5-6,9,19H,3-4,7-8H2,1-2H3,(H,14,20). The Kier molecular flexibility index (Phi) is 5.03. The molecule has 0 spiro atoms. The van der Waals surface area contributed by atoms with Gasteiger partial charge in [-0.1, -0.05) is 13.8 Å². The fourth-order valence-corrected chi connectivity index (χ4v) is 2.85. The minimum Gasteiger partial charge on any atom is -0.396 e. The zero-order valence-electron chi connectivity index (χ0n) is 12.1. The van der Waals surface area contributed by atoms with E-state index in [9.17, 15) is 9.90 Å². The van der Waals surface area contributed by atoms with Crippen LogP contribution in [0.5, 0.6) is 0 Å². The number of amides is 1. The molecule has 0 aromatic carbocycles. The Hall–Kier alpha value is -1.80. The van der Waals surface area contributed by atoms with Gasteiger partial charge in [0.15, 0.2) is 0 Å². The van der Waals surface area contributed by atoms with Crippen LogP contribution in [0.2, 0.25) is 0 Å². The molecule has 0 aliphatic heterocycles. The first-order valence-electron chi connectivity index (χ1n) is 6.85. The second kappa shape index (κ2) is 6.77. The van der Waals surface area contributed by atoms with E-state index < -0.39 is 0 Å². The third-order valence-electron chi connectivity index (χ3n) is 3.91. The summed E-state index contributed by atoms with van der Waals surface area (Å²) in [5.74, 6) is -0.171. The summed E-state index contributed by atoms with van der Waals surface area (Å²) in [4.78, 5) is 12.9. The lowest BCUT2D eigenvalue weighted by atomic mass is 9.83. The Bertz CT molecular complexity index is 569. The van der Waals surface area contributed by atoms with Gasteiger partial charge >= 0.3 is 0 Å². The lowest BCUT2D eigenvalue weighted by Crippen LogP contribution is -2.39. The Labute approximate surface area is 127 Å². The summed E-state index contributed by atoms with van der Waals surface area (Å²) in [7, 11) is 0. The predicted molar refractivity (Wildman–Crippen MR) is 79.5 cm³/mol. The number of nitrogens with one attached hydrogen (secondary N) is 1. The molecular weight excluding hydrogens is 290 g/mol. The zero-order valence-corrected chi connectivity index (χ0v) is 12.9. The maximum atomic E-state index is 12.4. The molecule has 0 unspecified atom stereocenters. The minimum atomic E-state index is -0.262. The van der Waals surface area contributed by atoms with Crippen molar-refractivity contribution in [2.75, 3.05) is 13.2 Å². The van der Waals surface area contributed by atoms with Gasteiger partial charge in [-0.25, -0.2) is 0 Å². The minimum absolute atomic E-state index is 0.0601. The van der Waals surface area contributed by atoms with Crippen molar-refractivity contribution in [3.63, 3.8) is 0 Å². The van der Waals surface area contributed by atoms with Crippen LogP contribution < -0.4 is 5.32 Å². The summed E-state index contributed by atoms with van der Waals surface area (Å²) in [6, 6.07) is 1.80. The second-order valence-electron chi connectivity index (χ2n) is 4.94.